The van der Waals surface area contributed by atoms with Crippen molar-refractivity contribution in [2.24, 2.45) is 0 Å². The first-order valence-corrected chi connectivity index (χ1v) is 10.7. The number of amides is 1. The Morgan fingerprint density at radius 2 is 1.91 bits per heavy atom. The zero-order valence-corrected chi connectivity index (χ0v) is 18.1. The number of rotatable bonds is 5. The van der Waals surface area contributed by atoms with E-state index in [2.05, 4.69) is 36.8 Å². The molecule has 1 saturated heterocycles. The van der Waals surface area contributed by atoms with Gasteiger partial charge in [0.25, 0.3) is 5.91 Å². The van der Waals surface area contributed by atoms with Crippen LogP contribution in [0.15, 0.2) is 67.3 Å². The molecule has 0 spiro atoms. The van der Waals surface area contributed by atoms with Crippen LogP contribution in [0.25, 0.3) is 11.0 Å². The predicted octanol–water partition coefficient (Wildman–Crippen LogP) is 3.34. The Balaban J connectivity index is 1.27. The third kappa shape index (κ3) is 3.64. The second kappa shape index (κ2) is 8.30. The summed E-state index contributed by atoms with van der Waals surface area (Å²) >= 11 is 0. The molecule has 0 aliphatic carbocycles. The van der Waals surface area contributed by atoms with E-state index >= 15 is 0 Å². The van der Waals surface area contributed by atoms with Crippen LogP contribution >= 0.6 is 0 Å². The van der Waals surface area contributed by atoms with E-state index in [1.54, 1.807) is 24.5 Å². The summed E-state index contributed by atoms with van der Waals surface area (Å²) in [5.74, 6) is 1.74. The quantitative estimate of drug-likeness (QED) is 0.526. The van der Waals surface area contributed by atoms with E-state index in [0.717, 1.165) is 47.9 Å². The molecule has 3 aromatic heterocycles. The fourth-order valence-electron chi connectivity index (χ4n) is 4.23. The van der Waals surface area contributed by atoms with Gasteiger partial charge >= 0.3 is 0 Å². The number of para-hydroxylation sites is 1. The number of H-pyrrole nitrogens is 1. The Hall–Kier alpha value is -3.94. The van der Waals surface area contributed by atoms with Gasteiger partial charge in [-0.05, 0) is 36.8 Å². The number of likely N-dealkylation sites (N-methyl/N-ethyl adjacent to an activating group) is 1. The minimum Gasteiger partial charge on any atom is -0.355 e. The average Bonchev–Trinajstić information content (AvgIpc) is 3.53. The van der Waals surface area contributed by atoms with E-state index in [9.17, 15) is 4.79 Å². The molecular formula is C24H25N7O. The van der Waals surface area contributed by atoms with Crippen molar-refractivity contribution in [3.8, 4) is 0 Å². The number of aromatic nitrogens is 4. The van der Waals surface area contributed by atoms with E-state index in [0.29, 0.717) is 11.6 Å². The summed E-state index contributed by atoms with van der Waals surface area (Å²) in [6.07, 6.45) is 6.17. The number of carbonyl (C=O) groups is 1. The zero-order valence-electron chi connectivity index (χ0n) is 18.1. The molecule has 0 bridgehead atoms. The van der Waals surface area contributed by atoms with Crippen LogP contribution in [0.2, 0.25) is 0 Å². The molecular weight excluding hydrogens is 402 g/mol. The van der Waals surface area contributed by atoms with Crippen LogP contribution in [0, 0.1) is 0 Å². The van der Waals surface area contributed by atoms with Gasteiger partial charge in [-0.25, -0.2) is 15.0 Å². The molecule has 8 heteroatoms. The molecule has 1 N–H and O–H groups in total. The molecule has 4 heterocycles. The van der Waals surface area contributed by atoms with Gasteiger partial charge < -0.3 is 19.7 Å². The maximum absolute atomic E-state index is 12.8. The van der Waals surface area contributed by atoms with E-state index < -0.39 is 0 Å². The Labute approximate surface area is 186 Å². The number of hydrogen-bond acceptors (Lipinski definition) is 6. The molecule has 1 aliphatic rings. The lowest BCUT2D eigenvalue weighted by atomic mass is 10.2. The molecule has 0 radical (unpaired) electrons. The first-order valence-electron chi connectivity index (χ1n) is 10.7. The summed E-state index contributed by atoms with van der Waals surface area (Å²) in [6.45, 7) is 1.78. The second-order valence-corrected chi connectivity index (χ2v) is 8.04. The number of pyridine rings is 1. The van der Waals surface area contributed by atoms with Crippen LogP contribution in [0.5, 0.6) is 0 Å². The number of nitrogens with zero attached hydrogens (tertiary/aromatic N) is 6. The first kappa shape index (κ1) is 20.0. The Bertz CT molecular complexity index is 1220. The van der Waals surface area contributed by atoms with Crippen molar-refractivity contribution in [1.82, 2.24) is 19.9 Å². The molecule has 1 amide bonds. The van der Waals surface area contributed by atoms with Gasteiger partial charge in [0.05, 0.1) is 10.9 Å². The predicted molar refractivity (Wildman–Crippen MR) is 126 cm³/mol. The lowest BCUT2D eigenvalue weighted by Gasteiger charge is -2.26. The van der Waals surface area contributed by atoms with Crippen molar-refractivity contribution < 1.29 is 4.79 Å². The Morgan fingerprint density at radius 1 is 1.06 bits per heavy atom. The van der Waals surface area contributed by atoms with Gasteiger partial charge in [0.2, 0.25) is 0 Å². The lowest BCUT2D eigenvalue weighted by Crippen LogP contribution is -2.35. The van der Waals surface area contributed by atoms with Crippen LogP contribution in [0.4, 0.5) is 17.3 Å². The lowest BCUT2D eigenvalue weighted by molar-refractivity contribution is 0.0992. The highest BCUT2D eigenvalue weighted by Gasteiger charge is 2.28. The van der Waals surface area contributed by atoms with Crippen molar-refractivity contribution in [3.63, 3.8) is 0 Å². The highest BCUT2D eigenvalue weighted by atomic mass is 16.2. The highest BCUT2D eigenvalue weighted by Crippen LogP contribution is 2.28. The largest absolute Gasteiger partial charge is 0.355 e. The number of hydrogen-bond donors (Lipinski definition) is 1. The van der Waals surface area contributed by atoms with E-state index in [1.165, 1.54) is 0 Å². The van der Waals surface area contributed by atoms with Gasteiger partial charge in [0.15, 0.2) is 0 Å². The molecule has 1 fully saturated rings. The molecule has 1 aromatic carbocycles. The second-order valence-electron chi connectivity index (χ2n) is 8.04. The SMILES string of the molecule is CN(C(=O)c1ccc(N(C)[C@@H]2CCN(c3ncnc4[nH]ccc34)C2)nc1)c1ccccc1. The first-order chi connectivity index (χ1) is 15.6. The van der Waals surface area contributed by atoms with Crippen molar-refractivity contribution in [3.05, 3.63) is 72.8 Å². The maximum atomic E-state index is 12.8. The monoisotopic (exact) mass is 427 g/mol. The van der Waals surface area contributed by atoms with Gasteiger partial charge in [-0.15, -0.1) is 0 Å². The van der Waals surface area contributed by atoms with Crippen LogP contribution < -0.4 is 14.7 Å². The molecule has 4 aromatic rings. The number of carbonyl (C=O) groups excluding carboxylic acids is 1. The molecule has 0 unspecified atom stereocenters. The van der Waals surface area contributed by atoms with Crippen molar-refractivity contribution in [2.75, 3.05) is 41.9 Å². The van der Waals surface area contributed by atoms with E-state index in [4.69, 9.17) is 0 Å². The Kier molecular flexibility index (Phi) is 5.18. The van der Waals surface area contributed by atoms with Gasteiger partial charge in [-0.2, -0.15) is 0 Å². The minimum absolute atomic E-state index is 0.0794. The summed E-state index contributed by atoms with van der Waals surface area (Å²) in [5, 5.41) is 1.04. The maximum Gasteiger partial charge on any atom is 0.259 e. The number of anilines is 3. The molecule has 162 valence electrons. The number of aromatic amines is 1. The fraction of sp³-hybridized carbons (Fsp3) is 0.250. The fourth-order valence-corrected chi connectivity index (χ4v) is 4.23. The number of nitrogens with one attached hydrogen (secondary N) is 1. The van der Waals surface area contributed by atoms with Crippen molar-refractivity contribution >= 4 is 34.3 Å². The zero-order chi connectivity index (χ0) is 22.1. The molecule has 8 nitrogen and oxygen atoms in total. The van der Waals surface area contributed by atoms with E-state index in [1.807, 2.05) is 54.7 Å². The van der Waals surface area contributed by atoms with Crippen LogP contribution in [0.1, 0.15) is 16.8 Å². The third-order valence-corrected chi connectivity index (χ3v) is 6.15. The van der Waals surface area contributed by atoms with Crippen molar-refractivity contribution in [2.45, 2.75) is 12.5 Å². The summed E-state index contributed by atoms with van der Waals surface area (Å²) in [4.78, 5) is 35.5. The van der Waals surface area contributed by atoms with Crippen LogP contribution in [0.3, 0.4) is 0 Å². The van der Waals surface area contributed by atoms with Gasteiger partial charge in [-0.1, -0.05) is 18.2 Å². The summed E-state index contributed by atoms with van der Waals surface area (Å²) in [6, 6.07) is 15.7. The average molecular weight is 428 g/mol. The minimum atomic E-state index is -0.0794. The van der Waals surface area contributed by atoms with Gasteiger partial charge in [0.1, 0.15) is 23.6 Å². The van der Waals surface area contributed by atoms with Crippen LogP contribution in [-0.2, 0) is 0 Å². The van der Waals surface area contributed by atoms with Crippen LogP contribution in [-0.4, -0.2) is 59.1 Å². The molecule has 5 rings (SSSR count). The van der Waals surface area contributed by atoms with Gasteiger partial charge in [-0.3, -0.25) is 4.79 Å². The standard InChI is InChI=1S/C24H25N7O/c1-29(19-11-13-31(15-19)23-20-10-12-25-22(20)27-16-28-23)21-9-8-17(14-26-21)24(32)30(2)18-6-4-3-5-7-18/h3-10,12,14,16,19H,11,13,15H2,1-2H3,(H,25,27,28)/t19-/m1/s1. The molecule has 1 aliphatic heterocycles. The third-order valence-electron chi connectivity index (χ3n) is 6.15. The summed E-state index contributed by atoms with van der Waals surface area (Å²) in [7, 11) is 3.83. The van der Waals surface area contributed by atoms with E-state index in [-0.39, 0.29) is 5.91 Å². The number of benzene rings is 1. The summed E-state index contributed by atoms with van der Waals surface area (Å²) < 4.78 is 0. The normalized spacial score (nSPS) is 15.8. The molecule has 32 heavy (non-hydrogen) atoms. The topological polar surface area (TPSA) is 81.3 Å². The van der Waals surface area contributed by atoms with Crippen molar-refractivity contribution in [1.29, 1.82) is 0 Å². The highest BCUT2D eigenvalue weighted by molar-refractivity contribution is 6.05. The smallest absolute Gasteiger partial charge is 0.259 e. The van der Waals surface area contributed by atoms with Gasteiger partial charge in [0, 0.05) is 51.3 Å². The molecule has 1 atom stereocenters. The Morgan fingerprint density at radius 3 is 2.69 bits per heavy atom. The number of fused-ring (bicyclic) bond motifs is 1. The molecule has 0 saturated carbocycles. The summed E-state index contributed by atoms with van der Waals surface area (Å²) in [5.41, 5.74) is 2.28.